The summed E-state index contributed by atoms with van der Waals surface area (Å²) in [7, 11) is 0. The number of hydrogen-bond donors (Lipinski definition) is 1. The molecule has 1 atom stereocenters. The summed E-state index contributed by atoms with van der Waals surface area (Å²) >= 11 is 0. The third kappa shape index (κ3) is 4.02. The van der Waals surface area contributed by atoms with Crippen molar-refractivity contribution in [1.29, 1.82) is 0 Å². The molecule has 2 aromatic carbocycles. The van der Waals surface area contributed by atoms with Crippen LogP contribution in [-0.4, -0.2) is 11.1 Å². The Morgan fingerprint density at radius 3 is 2.39 bits per heavy atom. The summed E-state index contributed by atoms with van der Waals surface area (Å²) in [6, 6.07) is 16.2. The maximum absolute atomic E-state index is 11.6. The zero-order valence-corrected chi connectivity index (χ0v) is 13.8. The molecule has 2 rings (SSSR count). The van der Waals surface area contributed by atoms with Crippen molar-refractivity contribution in [2.75, 3.05) is 0 Å². The zero-order valence-electron chi connectivity index (χ0n) is 13.8. The van der Waals surface area contributed by atoms with Crippen LogP contribution in [0.3, 0.4) is 0 Å². The van der Waals surface area contributed by atoms with Crippen molar-refractivity contribution in [2.45, 2.75) is 39.0 Å². The lowest BCUT2D eigenvalue weighted by Gasteiger charge is -2.17. The van der Waals surface area contributed by atoms with Crippen LogP contribution in [0.2, 0.25) is 0 Å². The molecule has 0 amide bonds. The Kier molecular flexibility index (Phi) is 5.60. The largest absolute Gasteiger partial charge is 0.481 e. The van der Waals surface area contributed by atoms with Gasteiger partial charge in [0.05, 0.1) is 5.92 Å². The molecule has 0 bridgehead atoms. The van der Waals surface area contributed by atoms with Crippen LogP contribution in [0, 0.1) is 11.8 Å². The highest BCUT2D eigenvalue weighted by Gasteiger charge is 2.20. The number of rotatable bonds is 5. The fourth-order valence-corrected chi connectivity index (χ4v) is 2.71. The second kappa shape index (κ2) is 7.65. The van der Waals surface area contributed by atoms with Crippen LogP contribution >= 0.6 is 0 Å². The summed E-state index contributed by atoms with van der Waals surface area (Å²) < 4.78 is 0. The van der Waals surface area contributed by atoms with Gasteiger partial charge in [-0.25, -0.2) is 0 Å². The van der Waals surface area contributed by atoms with E-state index < -0.39 is 11.9 Å². The fraction of sp³-hybridized carbons (Fsp3) is 0.286. The van der Waals surface area contributed by atoms with Crippen molar-refractivity contribution in [2.24, 2.45) is 0 Å². The number of aliphatic carboxylic acids is 1. The Morgan fingerprint density at radius 1 is 1.13 bits per heavy atom. The van der Waals surface area contributed by atoms with Gasteiger partial charge in [0.25, 0.3) is 0 Å². The molecule has 2 aromatic rings. The minimum Gasteiger partial charge on any atom is -0.481 e. The van der Waals surface area contributed by atoms with Crippen molar-refractivity contribution in [1.82, 2.24) is 0 Å². The van der Waals surface area contributed by atoms with Crippen LogP contribution in [0.4, 0.5) is 0 Å². The molecule has 0 aliphatic carbocycles. The summed E-state index contributed by atoms with van der Waals surface area (Å²) in [6.07, 6.45) is 0.341. The molecule has 0 spiro atoms. The van der Waals surface area contributed by atoms with E-state index in [9.17, 15) is 9.90 Å². The zero-order chi connectivity index (χ0) is 16.8. The first-order valence-electron chi connectivity index (χ1n) is 7.86. The van der Waals surface area contributed by atoms with Crippen LogP contribution in [0.15, 0.2) is 48.5 Å². The molecule has 1 unspecified atom stereocenters. The summed E-state index contributed by atoms with van der Waals surface area (Å²) in [6.45, 7) is 6.00. The van der Waals surface area contributed by atoms with Gasteiger partial charge in [-0.05, 0) is 35.1 Å². The van der Waals surface area contributed by atoms with Crippen molar-refractivity contribution in [3.8, 4) is 23.0 Å². The van der Waals surface area contributed by atoms with Crippen molar-refractivity contribution in [3.05, 3.63) is 59.7 Å². The topological polar surface area (TPSA) is 37.3 Å². The van der Waals surface area contributed by atoms with Crippen LogP contribution in [0.5, 0.6) is 0 Å². The maximum Gasteiger partial charge on any atom is 0.311 e. The quantitative estimate of drug-likeness (QED) is 0.784. The predicted molar refractivity (Wildman–Crippen MR) is 94.4 cm³/mol. The number of carbonyl (C=O) groups is 1. The number of carboxylic acids is 1. The average Bonchev–Trinajstić information content (AvgIpc) is 2.55. The van der Waals surface area contributed by atoms with E-state index in [1.54, 1.807) is 6.92 Å². The second-order valence-corrected chi connectivity index (χ2v) is 5.89. The standard InChI is InChI=1S/C21H22O2/c1-4-5-11-19(21(22)23)17-12-13-18(20(14-17)15(2)3)16-9-7-6-8-10-16/h6-10,12-15,19H,11H2,1-3H3,(H,22,23). The van der Waals surface area contributed by atoms with Crippen molar-refractivity contribution in [3.63, 3.8) is 0 Å². The van der Waals surface area contributed by atoms with Crippen molar-refractivity contribution >= 4 is 5.97 Å². The average molecular weight is 306 g/mol. The van der Waals surface area contributed by atoms with Gasteiger partial charge >= 0.3 is 5.97 Å². The van der Waals surface area contributed by atoms with Crippen LogP contribution in [0.25, 0.3) is 11.1 Å². The third-order valence-electron chi connectivity index (χ3n) is 3.97. The van der Waals surface area contributed by atoms with E-state index in [0.717, 1.165) is 16.7 Å². The van der Waals surface area contributed by atoms with E-state index in [-0.39, 0.29) is 0 Å². The monoisotopic (exact) mass is 306 g/mol. The van der Waals surface area contributed by atoms with Gasteiger partial charge in [0.15, 0.2) is 0 Å². The van der Waals surface area contributed by atoms with E-state index in [4.69, 9.17) is 0 Å². The maximum atomic E-state index is 11.6. The molecule has 2 nitrogen and oxygen atoms in total. The smallest absolute Gasteiger partial charge is 0.311 e. The molecule has 0 radical (unpaired) electrons. The molecule has 0 aliphatic heterocycles. The van der Waals surface area contributed by atoms with Crippen molar-refractivity contribution < 1.29 is 9.90 Å². The van der Waals surface area contributed by atoms with E-state index in [1.165, 1.54) is 5.56 Å². The lowest BCUT2D eigenvalue weighted by Crippen LogP contribution is -2.11. The summed E-state index contributed by atoms with van der Waals surface area (Å²) in [4.78, 5) is 11.6. The van der Waals surface area contributed by atoms with Gasteiger partial charge in [0.2, 0.25) is 0 Å². The molecular formula is C21H22O2. The van der Waals surface area contributed by atoms with Gasteiger partial charge in [-0.1, -0.05) is 62.4 Å². The van der Waals surface area contributed by atoms with Gasteiger partial charge in [0.1, 0.15) is 0 Å². The first-order chi connectivity index (χ1) is 11.0. The highest BCUT2D eigenvalue weighted by molar-refractivity contribution is 5.78. The van der Waals surface area contributed by atoms with Gasteiger partial charge in [-0.2, -0.15) is 0 Å². The Morgan fingerprint density at radius 2 is 1.83 bits per heavy atom. The summed E-state index contributed by atoms with van der Waals surface area (Å²) in [5, 5.41) is 9.50. The molecular weight excluding hydrogens is 284 g/mol. The van der Waals surface area contributed by atoms with E-state index >= 15 is 0 Å². The minimum atomic E-state index is -0.824. The van der Waals surface area contributed by atoms with Crippen LogP contribution < -0.4 is 0 Å². The van der Waals surface area contributed by atoms with Crippen LogP contribution in [0.1, 0.15) is 50.2 Å². The fourth-order valence-electron chi connectivity index (χ4n) is 2.71. The Hall–Kier alpha value is -2.53. The second-order valence-electron chi connectivity index (χ2n) is 5.89. The SMILES string of the molecule is CC#CCC(C(=O)O)c1ccc(-c2ccccc2)c(C(C)C)c1. The summed E-state index contributed by atoms with van der Waals surface area (Å²) in [5.74, 6) is 4.59. The third-order valence-corrected chi connectivity index (χ3v) is 3.97. The lowest BCUT2D eigenvalue weighted by molar-refractivity contribution is -0.138. The number of hydrogen-bond acceptors (Lipinski definition) is 1. The van der Waals surface area contributed by atoms with Gasteiger partial charge in [-0.3, -0.25) is 4.79 Å². The highest BCUT2D eigenvalue weighted by Crippen LogP contribution is 2.32. The molecule has 0 aliphatic rings. The minimum absolute atomic E-state index is 0.317. The number of benzene rings is 2. The van der Waals surface area contributed by atoms with Gasteiger partial charge < -0.3 is 5.11 Å². The molecule has 0 fully saturated rings. The van der Waals surface area contributed by atoms with Crippen LogP contribution in [-0.2, 0) is 4.79 Å². The Labute approximate surface area is 138 Å². The molecule has 0 heterocycles. The summed E-state index contributed by atoms with van der Waals surface area (Å²) in [5.41, 5.74) is 4.31. The molecule has 118 valence electrons. The predicted octanol–water partition coefficient (Wildman–Crippen LogP) is 5.06. The lowest BCUT2D eigenvalue weighted by atomic mass is 9.87. The Bertz CT molecular complexity index is 733. The normalized spacial score (nSPS) is 11.7. The molecule has 1 N–H and O–H groups in total. The Balaban J connectivity index is 2.50. The molecule has 23 heavy (non-hydrogen) atoms. The first kappa shape index (κ1) is 16.8. The van der Waals surface area contributed by atoms with E-state index in [2.05, 4.69) is 37.8 Å². The number of carboxylic acid groups (broad SMARTS) is 1. The molecule has 0 aromatic heterocycles. The molecule has 0 saturated carbocycles. The van der Waals surface area contributed by atoms with Gasteiger partial charge in [0, 0.05) is 6.42 Å². The first-order valence-corrected chi connectivity index (χ1v) is 7.86. The molecule has 0 saturated heterocycles. The highest BCUT2D eigenvalue weighted by atomic mass is 16.4. The van der Waals surface area contributed by atoms with Gasteiger partial charge in [-0.15, -0.1) is 11.8 Å². The van der Waals surface area contributed by atoms with E-state index in [1.807, 2.05) is 36.4 Å². The van der Waals surface area contributed by atoms with E-state index in [0.29, 0.717) is 12.3 Å². The molecule has 2 heteroatoms.